The van der Waals surface area contributed by atoms with E-state index in [1.165, 1.54) is 5.56 Å². The summed E-state index contributed by atoms with van der Waals surface area (Å²) in [6.07, 6.45) is 3.36. The van der Waals surface area contributed by atoms with Gasteiger partial charge in [-0.2, -0.15) is 11.3 Å². The minimum Gasteiger partial charge on any atom is -0.481 e. The van der Waals surface area contributed by atoms with E-state index in [4.69, 9.17) is 5.11 Å². The van der Waals surface area contributed by atoms with Crippen molar-refractivity contribution in [2.75, 3.05) is 13.1 Å². The number of thiophene rings is 1. The molecule has 0 bridgehead atoms. The molecule has 5 nitrogen and oxygen atoms in total. The Bertz CT molecular complexity index is 447. The molecule has 0 radical (unpaired) electrons. The molecule has 6 heteroatoms. The summed E-state index contributed by atoms with van der Waals surface area (Å²) in [5.74, 6) is -0.983. The second-order valence-corrected chi connectivity index (χ2v) is 5.93. The number of carbonyl (C=O) groups excluding carboxylic acids is 1. The zero-order chi connectivity index (χ0) is 14.4. The Kier molecular flexibility index (Phi) is 5.40. The molecule has 0 aliphatic heterocycles. The van der Waals surface area contributed by atoms with Crippen LogP contribution in [0, 0.1) is 11.8 Å². The number of aliphatic carboxylic acids is 1. The normalized spacial score (nSPS) is 21.6. The van der Waals surface area contributed by atoms with Crippen LogP contribution in [0.15, 0.2) is 16.8 Å². The van der Waals surface area contributed by atoms with Gasteiger partial charge in [-0.25, -0.2) is 4.79 Å². The van der Waals surface area contributed by atoms with Crippen molar-refractivity contribution in [3.63, 3.8) is 0 Å². The van der Waals surface area contributed by atoms with Crippen molar-refractivity contribution in [2.45, 2.75) is 25.7 Å². The Balaban J connectivity index is 1.63. The fraction of sp³-hybridized carbons (Fsp3) is 0.571. The minimum atomic E-state index is -0.743. The Hall–Kier alpha value is -1.56. The minimum absolute atomic E-state index is 0.0649. The first-order valence-corrected chi connectivity index (χ1v) is 7.86. The zero-order valence-corrected chi connectivity index (χ0v) is 12.1. The Morgan fingerprint density at radius 1 is 1.35 bits per heavy atom. The quantitative estimate of drug-likeness (QED) is 0.752. The van der Waals surface area contributed by atoms with Gasteiger partial charge in [-0.15, -0.1) is 0 Å². The molecule has 110 valence electrons. The van der Waals surface area contributed by atoms with Gasteiger partial charge in [0.25, 0.3) is 0 Å². The molecule has 1 aromatic rings. The van der Waals surface area contributed by atoms with Crippen molar-refractivity contribution in [2.24, 2.45) is 11.8 Å². The van der Waals surface area contributed by atoms with Crippen molar-refractivity contribution in [3.05, 3.63) is 22.4 Å². The first-order chi connectivity index (χ1) is 9.66. The van der Waals surface area contributed by atoms with E-state index < -0.39 is 5.97 Å². The van der Waals surface area contributed by atoms with Crippen LogP contribution >= 0.6 is 11.3 Å². The van der Waals surface area contributed by atoms with E-state index in [-0.39, 0.29) is 17.9 Å². The molecule has 0 saturated heterocycles. The van der Waals surface area contributed by atoms with Crippen LogP contribution in [0.3, 0.4) is 0 Å². The second-order valence-electron chi connectivity index (χ2n) is 5.15. The molecule has 0 spiro atoms. The van der Waals surface area contributed by atoms with Crippen LogP contribution < -0.4 is 10.6 Å². The van der Waals surface area contributed by atoms with Gasteiger partial charge in [0.15, 0.2) is 0 Å². The molecule has 20 heavy (non-hydrogen) atoms. The Morgan fingerprint density at radius 3 is 2.90 bits per heavy atom. The monoisotopic (exact) mass is 296 g/mol. The number of urea groups is 1. The molecule has 2 atom stereocenters. The van der Waals surface area contributed by atoms with Gasteiger partial charge in [0.2, 0.25) is 0 Å². The third kappa shape index (κ3) is 4.23. The lowest BCUT2D eigenvalue weighted by molar-refractivity contribution is -0.142. The van der Waals surface area contributed by atoms with E-state index in [1.807, 2.05) is 11.4 Å². The standard InChI is InChI=1S/C14H20N2O3S/c17-13(18)12-3-1-2-11(12)8-16-14(19)15-6-4-10-5-7-20-9-10/h5,7,9,11-12H,1-4,6,8H2,(H,17,18)(H2,15,16,19). The lowest BCUT2D eigenvalue weighted by Crippen LogP contribution is -2.40. The van der Waals surface area contributed by atoms with Crippen LogP contribution in [0.2, 0.25) is 0 Å². The first kappa shape index (κ1) is 14.8. The molecule has 3 N–H and O–H groups in total. The second kappa shape index (κ2) is 7.28. The average molecular weight is 296 g/mol. The zero-order valence-electron chi connectivity index (χ0n) is 11.3. The summed E-state index contributed by atoms with van der Waals surface area (Å²) in [5, 5.41) is 18.7. The van der Waals surface area contributed by atoms with Gasteiger partial charge in [0.05, 0.1) is 5.92 Å². The van der Waals surface area contributed by atoms with Crippen molar-refractivity contribution >= 4 is 23.3 Å². The molecule has 0 aromatic carbocycles. The predicted octanol–water partition coefficient (Wildman–Crippen LogP) is 2.09. The Morgan fingerprint density at radius 2 is 2.20 bits per heavy atom. The summed E-state index contributed by atoms with van der Waals surface area (Å²) in [5.41, 5.74) is 1.22. The summed E-state index contributed by atoms with van der Waals surface area (Å²) in [7, 11) is 0. The largest absolute Gasteiger partial charge is 0.481 e. The molecule has 1 saturated carbocycles. The fourth-order valence-electron chi connectivity index (χ4n) is 2.65. The smallest absolute Gasteiger partial charge is 0.314 e. The lowest BCUT2D eigenvalue weighted by atomic mass is 9.96. The van der Waals surface area contributed by atoms with Gasteiger partial charge in [0, 0.05) is 13.1 Å². The van der Waals surface area contributed by atoms with Crippen LogP contribution in [0.1, 0.15) is 24.8 Å². The molecule has 1 aliphatic rings. The van der Waals surface area contributed by atoms with Crippen molar-refractivity contribution < 1.29 is 14.7 Å². The number of carboxylic acid groups (broad SMARTS) is 1. The summed E-state index contributed by atoms with van der Waals surface area (Å²) >= 11 is 1.64. The maximum atomic E-state index is 11.6. The van der Waals surface area contributed by atoms with Gasteiger partial charge in [-0.3, -0.25) is 4.79 Å². The average Bonchev–Trinajstić information content (AvgIpc) is 3.07. The number of carboxylic acids is 1. The third-order valence-electron chi connectivity index (χ3n) is 3.78. The summed E-state index contributed by atoms with van der Waals surface area (Å²) < 4.78 is 0. The molecule has 2 rings (SSSR count). The maximum Gasteiger partial charge on any atom is 0.314 e. The lowest BCUT2D eigenvalue weighted by Gasteiger charge is -2.16. The van der Waals surface area contributed by atoms with E-state index in [1.54, 1.807) is 11.3 Å². The van der Waals surface area contributed by atoms with Gasteiger partial charge in [-0.05, 0) is 47.6 Å². The van der Waals surface area contributed by atoms with Gasteiger partial charge in [-0.1, -0.05) is 6.42 Å². The molecule has 2 amide bonds. The topological polar surface area (TPSA) is 78.4 Å². The molecule has 2 unspecified atom stereocenters. The van der Waals surface area contributed by atoms with Gasteiger partial charge < -0.3 is 15.7 Å². The number of rotatable bonds is 6. The molecule has 1 heterocycles. The highest BCUT2D eigenvalue weighted by Crippen LogP contribution is 2.31. The van der Waals surface area contributed by atoms with Gasteiger partial charge >= 0.3 is 12.0 Å². The van der Waals surface area contributed by atoms with E-state index in [0.717, 1.165) is 25.7 Å². The molecular formula is C14H20N2O3S. The first-order valence-electron chi connectivity index (χ1n) is 6.92. The number of amides is 2. The van der Waals surface area contributed by atoms with Crippen LogP contribution in [-0.4, -0.2) is 30.2 Å². The van der Waals surface area contributed by atoms with Crippen molar-refractivity contribution in [3.8, 4) is 0 Å². The van der Waals surface area contributed by atoms with Crippen LogP contribution in [0.25, 0.3) is 0 Å². The fourth-order valence-corrected chi connectivity index (χ4v) is 3.35. The van der Waals surface area contributed by atoms with Crippen molar-refractivity contribution in [1.29, 1.82) is 0 Å². The van der Waals surface area contributed by atoms with E-state index in [2.05, 4.69) is 16.0 Å². The van der Waals surface area contributed by atoms with E-state index in [0.29, 0.717) is 13.1 Å². The third-order valence-corrected chi connectivity index (χ3v) is 4.51. The van der Waals surface area contributed by atoms with E-state index >= 15 is 0 Å². The number of hydrogen-bond donors (Lipinski definition) is 3. The van der Waals surface area contributed by atoms with Crippen molar-refractivity contribution in [1.82, 2.24) is 10.6 Å². The summed E-state index contributed by atoms with van der Waals surface area (Å²) in [6.45, 7) is 1.04. The number of nitrogens with one attached hydrogen (secondary N) is 2. The predicted molar refractivity (Wildman–Crippen MR) is 77.9 cm³/mol. The summed E-state index contributed by atoms with van der Waals surface area (Å²) in [4.78, 5) is 22.7. The van der Waals surface area contributed by atoms with Crippen LogP contribution in [-0.2, 0) is 11.2 Å². The molecule has 1 aromatic heterocycles. The Labute approximate surface area is 122 Å². The highest BCUT2D eigenvalue weighted by atomic mass is 32.1. The maximum absolute atomic E-state index is 11.6. The summed E-state index contributed by atoms with van der Waals surface area (Å²) in [6, 6.07) is 1.83. The highest BCUT2D eigenvalue weighted by Gasteiger charge is 2.32. The molecule has 1 aliphatic carbocycles. The SMILES string of the molecule is O=C(NCCc1ccsc1)NCC1CCCC1C(=O)O. The molecular weight excluding hydrogens is 276 g/mol. The van der Waals surface area contributed by atoms with E-state index in [9.17, 15) is 9.59 Å². The highest BCUT2D eigenvalue weighted by molar-refractivity contribution is 7.07. The number of hydrogen-bond acceptors (Lipinski definition) is 3. The molecule has 1 fully saturated rings. The van der Waals surface area contributed by atoms with Crippen LogP contribution in [0.4, 0.5) is 4.79 Å². The van der Waals surface area contributed by atoms with Crippen LogP contribution in [0.5, 0.6) is 0 Å². The van der Waals surface area contributed by atoms with Gasteiger partial charge in [0.1, 0.15) is 0 Å². The number of carbonyl (C=O) groups is 2.